The zero-order chi connectivity index (χ0) is 28.0. The molecule has 8 heteroatoms. The molecule has 0 unspecified atom stereocenters. The molecule has 1 fully saturated rings. The van der Waals surface area contributed by atoms with Crippen LogP contribution in [-0.2, 0) is 24.2 Å². The number of amides is 1. The number of benzene rings is 2. The average Bonchev–Trinajstić information content (AvgIpc) is 3.67. The molecule has 1 saturated carbocycles. The molecular weight excluding hydrogens is 532 g/mol. The minimum Gasteiger partial charge on any atom is -0.358 e. The van der Waals surface area contributed by atoms with Gasteiger partial charge in [-0.1, -0.05) is 80.1 Å². The molecule has 4 aromatic rings. The van der Waals surface area contributed by atoms with E-state index in [1.54, 1.807) is 0 Å². The molecule has 2 heterocycles. The maximum absolute atomic E-state index is 13.8. The van der Waals surface area contributed by atoms with Crippen LogP contribution in [0.1, 0.15) is 55.2 Å². The van der Waals surface area contributed by atoms with E-state index < -0.39 is 0 Å². The summed E-state index contributed by atoms with van der Waals surface area (Å²) in [4.78, 5) is 23.4. The highest BCUT2D eigenvalue weighted by Crippen LogP contribution is 2.29. The number of hydrogen-bond donors (Lipinski definition) is 3. The zero-order valence-electron chi connectivity index (χ0n) is 23.2. The van der Waals surface area contributed by atoms with E-state index in [2.05, 4.69) is 40.2 Å². The lowest BCUT2D eigenvalue weighted by atomic mass is 9.84. The van der Waals surface area contributed by atoms with Crippen LogP contribution in [-0.4, -0.2) is 32.5 Å². The first-order valence-corrected chi connectivity index (χ1v) is 15.1. The largest absolute Gasteiger partial charge is 0.358 e. The Balaban J connectivity index is 1.22. The number of carbonyl (C=O) groups is 1. The van der Waals surface area contributed by atoms with E-state index in [0.717, 1.165) is 30.6 Å². The summed E-state index contributed by atoms with van der Waals surface area (Å²) >= 11 is 6.19. The Hall–Kier alpha value is -3.84. The Bertz CT molecular complexity index is 1440. The quantitative estimate of drug-likeness (QED) is 0.202. The van der Waals surface area contributed by atoms with Crippen LogP contribution in [0.25, 0.3) is 5.82 Å². The second kappa shape index (κ2) is 12.8. The molecule has 0 spiro atoms. The maximum atomic E-state index is 13.8. The predicted octanol–water partition coefficient (Wildman–Crippen LogP) is 6.57. The fourth-order valence-corrected chi connectivity index (χ4v) is 6.38. The highest BCUT2D eigenvalue weighted by atomic mass is 35.5. The van der Waals surface area contributed by atoms with Crippen molar-refractivity contribution in [2.45, 2.75) is 70.0 Å². The SMILES string of the molecule is O=C(NC1Cc2ccccc2C1)[C@@H](CC1CCCCC1)Nc1cc(-n2cccc2)nc(NCc2cccc(Cl)c2)n1. The van der Waals surface area contributed by atoms with Crippen molar-refractivity contribution in [1.82, 2.24) is 19.9 Å². The normalized spacial score (nSPS) is 16.2. The minimum absolute atomic E-state index is 0.0444. The van der Waals surface area contributed by atoms with Gasteiger partial charge >= 0.3 is 0 Å². The number of anilines is 2. The third kappa shape index (κ3) is 7.09. The number of fused-ring (bicyclic) bond motifs is 1. The number of halogens is 1. The topological polar surface area (TPSA) is 83.9 Å². The van der Waals surface area contributed by atoms with Crippen molar-refractivity contribution in [2.24, 2.45) is 5.92 Å². The number of aromatic nitrogens is 3. The molecule has 2 aliphatic rings. The molecule has 0 saturated heterocycles. The molecule has 1 atom stereocenters. The second-order valence-corrected chi connectivity index (χ2v) is 11.8. The van der Waals surface area contributed by atoms with Gasteiger partial charge in [0.25, 0.3) is 0 Å². The Morgan fingerprint density at radius 2 is 1.68 bits per heavy atom. The lowest BCUT2D eigenvalue weighted by Gasteiger charge is -2.28. The van der Waals surface area contributed by atoms with Gasteiger partial charge in [0.1, 0.15) is 17.7 Å². The molecule has 212 valence electrons. The van der Waals surface area contributed by atoms with Gasteiger partial charge < -0.3 is 20.5 Å². The van der Waals surface area contributed by atoms with Gasteiger partial charge in [-0.25, -0.2) is 0 Å². The molecule has 3 N–H and O–H groups in total. The highest BCUT2D eigenvalue weighted by molar-refractivity contribution is 6.30. The van der Waals surface area contributed by atoms with Crippen molar-refractivity contribution < 1.29 is 4.79 Å². The Morgan fingerprint density at radius 3 is 2.41 bits per heavy atom. The van der Waals surface area contributed by atoms with Crippen LogP contribution in [0.5, 0.6) is 0 Å². The Labute approximate surface area is 246 Å². The van der Waals surface area contributed by atoms with Crippen molar-refractivity contribution in [2.75, 3.05) is 10.6 Å². The van der Waals surface area contributed by atoms with Gasteiger partial charge in [-0.3, -0.25) is 4.79 Å². The van der Waals surface area contributed by atoms with Gasteiger partial charge in [0, 0.05) is 36.1 Å². The van der Waals surface area contributed by atoms with Gasteiger partial charge in [0.15, 0.2) is 0 Å². The third-order valence-electron chi connectivity index (χ3n) is 8.25. The van der Waals surface area contributed by atoms with Crippen LogP contribution in [0.4, 0.5) is 11.8 Å². The molecule has 2 aliphatic carbocycles. The summed E-state index contributed by atoms with van der Waals surface area (Å²) in [6.07, 6.45) is 12.6. The third-order valence-corrected chi connectivity index (χ3v) is 8.49. The average molecular weight is 569 g/mol. The summed E-state index contributed by atoms with van der Waals surface area (Å²) in [7, 11) is 0. The Kier molecular flexibility index (Phi) is 8.52. The fourth-order valence-electron chi connectivity index (χ4n) is 6.16. The van der Waals surface area contributed by atoms with Crippen molar-refractivity contribution in [1.29, 1.82) is 0 Å². The van der Waals surface area contributed by atoms with Crippen molar-refractivity contribution >= 4 is 29.3 Å². The van der Waals surface area contributed by atoms with Gasteiger partial charge in [-0.2, -0.15) is 9.97 Å². The first kappa shape index (κ1) is 27.3. The van der Waals surface area contributed by atoms with E-state index in [0.29, 0.717) is 29.3 Å². The van der Waals surface area contributed by atoms with Crippen LogP contribution in [0.2, 0.25) is 5.02 Å². The molecule has 1 amide bonds. The van der Waals surface area contributed by atoms with E-state index in [1.807, 2.05) is 59.4 Å². The molecule has 6 rings (SSSR count). The molecule has 0 bridgehead atoms. The van der Waals surface area contributed by atoms with Crippen LogP contribution in [0.15, 0.2) is 79.1 Å². The van der Waals surface area contributed by atoms with Crippen molar-refractivity contribution in [3.8, 4) is 5.82 Å². The standard InChI is InChI=1S/C33H37ClN6O/c34-27-14-8-11-24(17-27)22-35-33-38-30(21-31(39-33)40-15-6-7-16-40)37-29(18-23-9-2-1-3-10-23)32(41)36-28-19-25-12-4-5-13-26(25)20-28/h4-8,11-17,21,23,28-29H,1-3,9-10,18-20,22H2,(H,36,41)(H2,35,37,38,39)/t29-/m1/s1. The molecule has 2 aromatic carbocycles. The highest BCUT2D eigenvalue weighted by Gasteiger charge is 2.29. The number of nitrogens with one attached hydrogen (secondary N) is 3. The van der Waals surface area contributed by atoms with Crippen molar-refractivity contribution in [3.05, 3.63) is 101 Å². The Morgan fingerprint density at radius 1 is 0.927 bits per heavy atom. The van der Waals surface area contributed by atoms with Crippen LogP contribution in [0, 0.1) is 5.92 Å². The van der Waals surface area contributed by atoms with Gasteiger partial charge in [0.05, 0.1) is 0 Å². The van der Waals surface area contributed by atoms with E-state index >= 15 is 0 Å². The van der Waals surface area contributed by atoms with E-state index in [-0.39, 0.29) is 18.0 Å². The number of carbonyl (C=O) groups excluding carboxylic acids is 1. The summed E-state index contributed by atoms with van der Waals surface area (Å²) < 4.78 is 1.95. The first-order valence-electron chi connectivity index (χ1n) is 14.7. The molecule has 2 aromatic heterocycles. The van der Waals surface area contributed by atoms with Gasteiger partial charge in [0.2, 0.25) is 11.9 Å². The fraction of sp³-hybridized carbons (Fsp3) is 0.364. The first-order chi connectivity index (χ1) is 20.1. The maximum Gasteiger partial charge on any atom is 0.242 e. The summed E-state index contributed by atoms with van der Waals surface area (Å²) in [5, 5.41) is 10.9. The lowest BCUT2D eigenvalue weighted by molar-refractivity contribution is -0.122. The van der Waals surface area contributed by atoms with Crippen LogP contribution < -0.4 is 16.0 Å². The summed E-state index contributed by atoms with van der Waals surface area (Å²) in [6, 6.07) is 21.8. The molecule has 7 nitrogen and oxygen atoms in total. The summed E-state index contributed by atoms with van der Waals surface area (Å²) in [5.41, 5.74) is 3.70. The van der Waals surface area contributed by atoms with E-state index in [1.165, 1.54) is 43.2 Å². The molecular formula is C33H37ClN6O. The van der Waals surface area contributed by atoms with Crippen LogP contribution >= 0.6 is 11.6 Å². The molecule has 0 aliphatic heterocycles. The zero-order valence-corrected chi connectivity index (χ0v) is 24.0. The van der Waals surface area contributed by atoms with Crippen LogP contribution in [0.3, 0.4) is 0 Å². The van der Waals surface area contributed by atoms with E-state index in [9.17, 15) is 4.79 Å². The number of nitrogens with zero attached hydrogens (tertiary/aromatic N) is 3. The number of rotatable bonds is 10. The van der Waals surface area contributed by atoms with Gasteiger partial charge in [-0.05, 0) is 66.1 Å². The molecule has 0 radical (unpaired) electrons. The lowest BCUT2D eigenvalue weighted by Crippen LogP contribution is -2.46. The predicted molar refractivity (Wildman–Crippen MR) is 165 cm³/mol. The number of hydrogen-bond acceptors (Lipinski definition) is 5. The van der Waals surface area contributed by atoms with Gasteiger partial charge in [-0.15, -0.1) is 0 Å². The minimum atomic E-state index is -0.380. The van der Waals surface area contributed by atoms with E-state index in [4.69, 9.17) is 21.6 Å². The van der Waals surface area contributed by atoms with Crippen molar-refractivity contribution in [3.63, 3.8) is 0 Å². The second-order valence-electron chi connectivity index (χ2n) is 11.3. The monoisotopic (exact) mass is 568 g/mol. The smallest absolute Gasteiger partial charge is 0.242 e. The summed E-state index contributed by atoms with van der Waals surface area (Å²) in [5.74, 6) is 2.41. The summed E-state index contributed by atoms with van der Waals surface area (Å²) in [6.45, 7) is 0.531. The molecule has 41 heavy (non-hydrogen) atoms.